The van der Waals surface area contributed by atoms with Crippen LogP contribution in [-0.2, 0) is 30.5 Å². The van der Waals surface area contributed by atoms with Crippen molar-refractivity contribution in [3.05, 3.63) is 50.7 Å². The van der Waals surface area contributed by atoms with Crippen molar-refractivity contribution in [3.63, 3.8) is 0 Å². The molecule has 0 saturated heterocycles. The monoisotopic (exact) mass is 387 g/mol. The van der Waals surface area contributed by atoms with Crippen LogP contribution in [0.4, 0.5) is 5.69 Å². The van der Waals surface area contributed by atoms with Crippen molar-refractivity contribution < 1.29 is 8.42 Å². The van der Waals surface area contributed by atoms with Gasteiger partial charge in [0.2, 0.25) is 15.0 Å². The van der Waals surface area contributed by atoms with Crippen LogP contribution in [0.2, 0.25) is 0 Å². The van der Waals surface area contributed by atoms with Crippen LogP contribution < -0.4 is 17.0 Å². The third-order valence-electron chi connectivity index (χ3n) is 4.00. The molecule has 0 aliphatic heterocycles. The van der Waals surface area contributed by atoms with Crippen LogP contribution in [-0.4, -0.2) is 33.4 Å². The van der Waals surface area contributed by atoms with E-state index < -0.39 is 21.1 Å². The quantitative estimate of drug-likeness (QED) is 0.466. The van der Waals surface area contributed by atoms with Crippen molar-refractivity contribution in [2.75, 3.05) is 12.0 Å². The Morgan fingerprint density at radius 3 is 2.52 bits per heavy atom. The Morgan fingerprint density at radius 2 is 1.89 bits per heavy atom. The second kappa shape index (κ2) is 6.44. The largest absolute Gasteiger partial charge is 0.399 e. The average Bonchev–Trinajstić information content (AvgIpc) is 2.93. The summed E-state index contributed by atoms with van der Waals surface area (Å²) < 4.78 is 27.1. The summed E-state index contributed by atoms with van der Waals surface area (Å²) in [4.78, 5) is 29.0. The number of fused-ring (bicyclic) bond motifs is 1. The van der Waals surface area contributed by atoms with Crippen LogP contribution in [0.3, 0.4) is 0 Å². The van der Waals surface area contributed by atoms with Crippen LogP contribution >= 0.6 is 0 Å². The van der Waals surface area contributed by atoms with E-state index in [-0.39, 0.29) is 22.9 Å². The number of nitrogens with zero attached hydrogens (tertiary/aromatic N) is 4. The summed E-state index contributed by atoms with van der Waals surface area (Å²) in [6.07, 6.45) is 0.987. The zero-order valence-corrected chi connectivity index (χ0v) is 15.7. The first kappa shape index (κ1) is 18.5. The number of nitrogen functional groups attached to an aromatic ring is 1. The highest BCUT2D eigenvalue weighted by Gasteiger charge is 2.23. The smallest absolute Gasteiger partial charge is 0.333 e. The Hall–Kier alpha value is -3.32. The van der Waals surface area contributed by atoms with Crippen LogP contribution in [0.15, 0.2) is 39.0 Å². The Kier molecular flexibility index (Phi) is 4.41. The van der Waals surface area contributed by atoms with Crippen molar-refractivity contribution in [2.24, 2.45) is 14.1 Å². The molecular weight excluding hydrogens is 370 g/mol. The number of hydrogen-bond donors (Lipinski definition) is 1. The molecule has 1 aromatic carbocycles. The van der Waals surface area contributed by atoms with Gasteiger partial charge in [-0.15, -0.1) is 0 Å². The SMILES string of the molecule is Cn1c(=O)c2c(nc(S(C)(=O)=O)n2C)n(CC#Cc2cccc(N)c2)c1=O. The highest BCUT2D eigenvalue weighted by atomic mass is 32.2. The van der Waals surface area contributed by atoms with Gasteiger partial charge in [0, 0.05) is 31.6 Å². The summed E-state index contributed by atoms with van der Waals surface area (Å²) in [7, 11) is -0.949. The third-order valence-corrected chi connectivity index (χ3v) is 5.03. The lowest BCUT2D eigenvalue weighted by molar-refractivity contribution is 0.586. The zero-order valence-electron chi connectivity index (χ0n) is 14.9. The van der Waals surface area contributed by atoms with Gasteiger partial charge in [0.1, 0.15) is 0 Å². The summed E-state index contributed by atoms with van der Waals surface area (Å²) in [5.74, 6) is 5.72. The highest BCUT2D eigenvalue weighted by molar-refractivity contribution is 7.90. The van der Waals surface area contributed by atoms with E-state index in [1.54, 1.807) is 24.3 Å². The number of nitrogens with two attached hydrogens (primary N) is 1. The number of imidazole rings is 1. The predicted molar refractivity (Wildman–Crippen MR) is 101 cm³/mol. The zero-order chi connectivity index (χ0) is 19.9. The molecule has 0 saturated carbocycles. The molecule has 0 bridgehead atoms. The van der Waals surface area contributed by atoms with Gasteiger partial charge in [0.05, 0.1) is 6.54 Å². The van der Waals surface area contributed by atoms with Gasteiger partial charge in [-0.3, -0.25) is 13.9 Å². The van der Waals surface area contributed by atoms with E-state index in [1.807, 2.05) is 0 Å². The van der Waals surface area contributed by atoms with E-state index in [0.717, 1.165) is 10.8 Å². The number of sulfone groups is 1. The third kappa shape index (κ3) is 3.24. The number of aromatic nitrogens is 4. The van der Waals surface area contributed by atoms with Crippen LogP contribution in [0.5, 0.6) is 0 Å². The molecule has 0 fully saturated rings. The Bertz CT molecular complexity index is 1350. The fraction of sp³-hybridized carbons (Fsp3) is 0.235. The van der Waals surface area contributed by atoms with Gasteiger partial charge in [-0.25, -0.2) is 13.2 Å². The molecule has 27 heavy (non-hydrogen) atoms. The van der Waals surface area contributed by atoms with Crippen LogP contribution in [0.1, 0.15) is 5.56 Å². The van der Waals surface area contributed by atoms with Gasteiger partial charge >= 0.3 is 5.69 Å². The first-order chi connectivity index (χ1) is 12.6. The van der Waals surface area contributed by atoms with E-state index in [1.165, 1.54) is 23.2 Å². The molecular formula is C17H17N5O4S. The lowest BCUT2D eigenvalue weighted by Crippen LogP contribution is -2.38. The molecule has 2 N–H and O–H groups in total. The number of benzene rings is 1. The van der Waals surface area contributed by atoms with Crippen molar-refractivity contribution in [1.29, 1.82) is 0 Å². The van der Waals surface area contributed by atoms with E-state index in [9.17, 15) is 18.0 Å². The topological polar surface area (TPSA) is 122 Å². The maximum absolute atomic E-state index is 12.5. The van der Waals surface area contributed by atoms with Crippen molar-refractivity contribution >= 4 is 26.7 Å². The van der Waals surface area contributed by atoms with Crippen molar-refractivity contribution in [1.82, 2.24) is 18.7 Å². The lowest BCUT2D eigenvalue weighted by Gasteiger charge is -2.05. The number of hydrogen-bond acceptors (Lipinski definition) is 6. The van der Waals surface area contributed by atoms with Crippen molar-refractivity contribution in [3.8, 4) is 11.8 Å². The molecule has 0 unspecified atom stereocenters. The minimum absolute atomic E-state index is 0.0169. The van der Waals surface area contributed by atoms with E-state index in [0.29, 0.717) is 11.3 Å². The van der Waals surface area contributed by atoms with Gasteiger partial charge in [-0.2, -0.15) is 4.98 Å². The molecule has 140 valence electrons. The first-order valence-electron chi connectivity index (χ1n) is 7.82. The van der Waals surface area contributed by atoms with Gasteiger partial charge in [0.25, 0.3) is 5.56 Å². The highest BCUT2D eigenvalue weighted by Crippen LogP contribution is 2.14. The first-order valence-corrected chi connectivity index (χ1v) is 9.71. The van der Waals surface area contributed by atoms with Gasteiger partial charge in [-0.1, -0.05) is 17.9 Å². The van der Waals surface area contributed by atoms with Gasteiger partial charge in [-0.05, 0) is 18.2 Å². The molecule has 0 atom stereocenters. The molecule has 0 spiro atoms. The Labute approximate surface area is 154 Å². The minimum atomic E-state index is -3.68. The predicted octanol–water partition coefficient (Wildman–Crippen LogP) is -0.529. The second-order valence-electron chi connectivity index (χ2n) is 6.06. The summed E-state index contributed by atoms with van der Waals surface area (Å²) in [5.41, 5.74) is 5.67. The molecule has 2 aromatic heterocycles. The van der Waals surface area contributed by atoms with E-state index in [2.05, 4.69) is 16.8 Å². The Morgan fingerprint density at radius 1 is 1.19 bits per heavy atom. The van der Waals surface area contributed by atoms with Gasteiger partial charge < -0.3 is 10.3 Å². The fourth-order valence-corrected chi connectivity index (χ4v) is 3.56. The fourth-order valence-electron chi connectivity index (χ4n) is 2.72. The molecule has 0 radical (unpaired) electrons. The molecule has 3 rings (SSSR count). The number of anilines is 1. The van der Waals surface area contributed by atoms with E-state index >= 15 is 0 Å². The molecule has 10 heteroatoms. The minimum Gasteiger partial charge on any atom is -0.399 e. The summed E-state index contributed by atoms with van der Waals surface area (Å²) in [6, 6.07) is 6.94. The van der Waals surface area contributed by atoms with Crippen LogP contribution in [0, 0.1) is 11.8 Å². The maximum atomic E-state index is 12.5. The second-order valence-corrected chi connectivity index (χ2v) is 7.97. The molecule has 2 heterocycles. The molecule has 0 aliphatic rings. The lowest BCUT2D eigenvalue weighted by atomic mass is 10.2. The number of rotatable bonds is 2. The molecule has 9 nitrogen and oxygen atoms in total. The molecule has 3 aromatic rings. The van der Waals surface area contributed by atoms with E-state index in [4.69, 9.17) is 5.73 Å². The summed E-state index contributed by atoms with van der Waals surface area (Å²) >= 11 is 0. The summed E-state index contributed by atoms with van der Waals surface area (Å²) in [6.45, 7) is -0.0710. The normalized spacial score (nSPS) is 11.4. The standard InChI is InChI=1S/C17H17N5O4S/c1-20-13-14(19-16(20)27(3,25)26)22(17(24)21(2)15(13)23)9-5-7-11-6-4-8-12(18)10-11/h4,6,8,10H,9,18H2,1-3H3. The van der Waals surface area contributed by atoms with Gasteiger partial charge in [0.15, 0.2) is 11.2 Å². The number of aryl methyl sites for hydroxylation is 1. The summed E-state index contributed by atoms with van der Waals surface area (Å²) in [5, 5.41) is -0.294. The Balaban J connectivity index is 2.22. The van der Waals surface area contributed by atoms with Crippen LogP contribution in [0.25, 0.3) is 11.2 Å². The molecule has 0 amide bonds. The maximum Gasteiger partial charge on any atom is 0.333 e. The average molecular weight is 387 g/mol. The molecule has 0 aliphatic carbocycles. The van der Waals surface area contributed by atoms with Crippen molar-refractivity contribution in [2.45, 2.75) is 11.7 Å².